The summed E-state index contributed by atoms with van der Waals surface area (Å²) in [6, 6.07) is 1.02. The van der Waals surface area contributed by atoms with Gasteiger partial charge < -0.3 is 19.4 Å². The molecule has 2 aromatic rings. The van der Waals surface area contributed by atoms with Crippen molar-refractivity contribution in [2.75, 3.05) is 6.61 Å². The fraction of sp³-hybridized carbons (Fsp3) is 0.471. The molecular formula is C17H22N2O6. The Morgan fingerprint density at radius 3 is 2.72 bits per heavy atom. The van der Waals surface area contributed by atoms with Gasteiger partial charge in [0.15, 0.2) is 5.76 Å². The van der Waals surface area contributed by atoms with E-state index in [0.29, 0.717) is 12.1 Å². The van der Waals surface area contributed by atoms with Crippen LogP contribution in [0.3, 0.4) is 0 Å². The molecule has 0 aliphatic rings. The molecule has 0 amide bonds. The standard InChI is InChI=1S/C17H22N2O6/c1-4-19-10(3)13(8-18-19)12(7-15(22)24-5-2)17-16(23)14(21)6-11(9-20)25-17/h6,8,12,20,23H,4-5,7,9H2,1-3H3/t12-/m0/s1. The Kier molecular flexibility index (Phi) is 5.97. The van der Waals surface area contributed by atoms with Crippen molar-refractivity contribution < 1.29 is 24.2 Å². The summed E-state index contributed by atoms with van der Waals surface area (Å²) in [4.78, 5) is 24.0. The maximum atomic E-state index is 12.0. The summed E-state index contributed by atoms with van der Waals surface area (Å²) < 4.78 is 12.2. The molecule has 136 valence electrons. The number of aliphatic hydroxyl groups is 1. The molecule has 0 aliphatic carbocycles. The predicted molar refractivity (Wildman–Crippen MR) is 88.3 cm³/mol. The molecule has 2 N–H and O–H groups in total. The number of esters is 1. The zero-order valence-corrected chi connectivity index (χ0v) is 14.5. The number of rotatable bonds is 7. The van der Waals surface area contributed by atoms with E-state index in [9.17, 15) is 19.8 Å². The smallest absolute Gasteiger partial charge is 0.306 e. The molecule has 8 heteroatoms. The van der Waals surface area contributed by atoms with E-state index in [0.717, 1.165) is 11.8 Å². The van der Waals surface area contributed by atoms with Gasteiger partial charge in [-0.1, -0.05) is 0 Å². The van der Waals surface area contributed by atoms with E-state index in [1.807, 2.05) is 13.8 Å². The van der Waals surface area contributed by atoms with Crippen LogP contribution >= 0.6 is 0 Å². The Hall–Kier alpha value is -2.61. The number of carbonyl (C=O) groups is 1. The van der Waals surface area contributed by atoms with Crippen LogP contribution in [0.2, 0.25) is 0 Å². The lowest BCUT2D eigenvalue weighted by atomic mass is 9.92. The first kappa shape index (κ1) is 18.7. The minimum atomic E-state index is -0.751. The summed E-state index contributed by atoms with van der Waals surface area (Å²) in [7, 11) is 0. The number of aromatic nitrogens is 2. The molecule has 0 unspecified atom stereocenters. The molecule has 0 saturated heterocycles. The number of aromatic hydroxyl groups is 1. The topological polar surface area (TPSA) is 115 Å². The van der Waals surface area contributed by atoms with Gasteiger partial charge in [0.25, 0.3) is 0 Å². The second kappa shape index (κ2) is 7.98. The Morgan fingerprint density at radius 2 is 2.16 bits per heavy atom. The lowest BCUT2D eigenvalue weighted by Gasteiger charge is -2.17. The molecule has 0 fully saturated rings. The molecule has 0 bridgehead atoms. The molecule has 0 radical (unpaired) electrons. The molecule has 1 atom stereocenters. The largest absolute Gasteiger partial charge is 0.502 e. The Bertz CT molecular complexity index is 808. The summed E-state index contributed by atoms with van der Waals surface area (Å²) in [5, 5.41) is 23.7. The van der Waals surface area contributed by atoms with Gasteiger partial charge in [0, 0.05) is 23.9 Å². The summed E-state index contributed by atoms with van der Waals surface area (Å²) in [6.45, 7) is 5.79. The molecule has 0 aromatic carbocycles. The van der Waals surface area contributed by atoms with Crippen LogP contribution in [0.25, 0.3) is 0 Å². The van der Waals surface area contributed by atoms with Crippen molar-refractivity contribution in [1.29, 1.82) is 0 Å². The van der Waals surface area contributed by atoms with E-state index in [1.165, 1.54) is 0 Å². The monoisotopic (exact) mass is 350 g/mol. The van der Waals surface area contributed by atoms with Gasteiger partial charge >= 0.3 is 5.97 Å². The third kappa shape index (κ3) is 3.90. The van der Waals surface area contributed by atoms with E-state index in [1.54, 1.807) is 17.8 Å². The quantitative estimate of drug-likeness (QED) is 0.726. The van der Waals surface area contributed by atoms with Crippen LogP contribution in [0.4, 0.5) is 0 Å². The molecule has 25 heavy (non-hydrogen) atoms. The van der Waals surface area contributed by atoms with E-state index in [4.69, 9.17) is 9.15 Å². The number of ether oxygens (including phenoxy) is 1. The lowest BCUT2D eigenvalue weighted by Crippen LogP contribution is -2.15. The van der Waals surface area contributed by atoms with Crippen LogP contribution in [0.15, 0.2) is 21.5 Å². The molecule has 0 spiro atoms. The van der Waals surface area contributed by atoms with Crippen LogP contribution < -0.4 is 5.43 Å². The third-order valence-corrected chi connectivity index (χ3v) is 3.96. The summed E-state index contributed by atoms with van der Waals surface area (Å²) in [6.07, 6.45) is 1.45. The molecule has 2 heterocycles. The second-order valence-electron chi connectivity index (χ2n) is 5.51. The van der Waals surface area contributed by atoms with Crippen molar-refractivity contribution >= 4 is 5.97 Å². The minimum absolute atomic E-state index is 0.00666. The van der Waals surface area contributed by atoms with Crippen molar-refractivity contribution in [3.8, 4) is 5.75 Å². The number of hydrogen-bond acceptors (Lipinski definition) is 7. The zero-order chi connectivity index (χ0) is 18.6. The van der Waals surface area contributed by atoms with Gasteiger partial charge in [-0.05, 0) is 20.8 Å². The summed E-state index contributed by atoms with van der Waals surface area (Å²) in [5.41, 5.74) is 0.747. The van der Waals surface area contributed by atoms with Crippen LogP contribution in [0.5, 0.6) is 5.75 Å². The first-order chi connectivity index (χ1) is 11.9. The average Bonchev–Trinajstić information content (AvgIpc) is 2.96. The van der Waals surface area contributed by atoms with Crippen LogP contribution in [0, 0.1) is 6.92 Å². The van der Waals surface area contributed by atoms with Gasteiger partial charge in [-0.2, -0.15) is 5.10 Å². The lowest BCUT2D eigenvalue weighted by molar-refractivity contribution is -0.143. The van der Waals surface area contributed by atoms with Gasteiger partial charge in [0.2, 0.25) is 11.2 Å². The Balaban J connectivity index is 2.59. The first-order valence-electron chi connectivity index (χ1n) is 8.07. The Labute approximate surface area is 144 Å². The van der Waals surface area contributed by atoms with E-state index in [2.05, 4.69) is 5.10 Å². The number of carbonyl (C=O) groups excluding carboxylic acids is 1. The van der Waals surface area contributed by atoms with Gasteiger partial charge in [-0.3, -0.25) is 14.3 Å². The van der Waals surface area contributed by atoms with Crippen LogP contribution in [-0.4, -0.2) is 32.6 Å². The van der Waals surface area contributed by atoms with Crippen molar-refractivity contribution in [1.82, 2.24) is 9.78 Å². The maximum absolute atomic E-state index is 12.0. The van der Waals surface area contributed by atoms with Crippen LogP contribution in [-0.2, 0) is 22.7 Å². The zero-order valence-electron chi connectivity index (χ0n) is 14.5. The normalized spacial score (nSPS) is 12.2. The van der Waals surface area contributed by atoms with Gasteiger partial charge in [0.1, 0.15) is 12.4 Å². The Morgan fingerprint density at radius 1 is 1.44 bits per heavy atom. The van der Waals surface area contributed by atoms with E-state index < -0.39 is 29.7 Å². The number of hydrogen-bond donors (Lipinski definition) is 2. The molecule has 2 aromatic heterocycles. The SMILES string of the molecule is CCOC(=O)C[C@@H](c1cnn(CC)c1C)c1oc(CO)cc(=O)c1O. The summed E-state index contributed by atoms with van der Waals surface area (Å²) >= 11 is 0. The number of aryl methyl sites for hydroxylation is 1. The predicted octanol–water partition coefficient (Wildman–Crippen LogP) is 1.45. The van der Waals surface area contributed by atoms with E-state index in [-0.39, 0.29) is 24.5 Å². The highest BCUT2D eigenvalue weighted by atomic mass is 16.5. The van der Waals surface area contributed by atoms with Crippen molar-refractivity contribution in [2.45, 2.75) is 46.3 Å². The first-order valence-corrected chi connectivity index (χ1v) is 8.07. The summed E-state index contributed by atoms with van der Waals surface area (Å²) in [5.74, 6) is -1.91. The molecule has 0 saturated carbocycles. The van der Waals surface area contributed by atoms with E-state index >= 15 is 0 Å². The van der Waals surface area contributed by atoms with Crippen molar-refractivity contribution in [3.05, 3.63) is 45.3 Å². The molecule has 8 nitrogen and oxygen atoms in total. The highest BCUT2D eigenvalue weighted by molar-refractivity contribution is 5.71. The second-order valence-corrected chi connectivity index (χ2v) is 5.51. The highest BCUT2D eigenvalue weighted by Crippen LogP contribution is 2.34. The maximum Gasteiger partial charge on any atom is 0.306 e. The van der Waals surface area contributed by atoms with Gasteiger partial charge in [-0.15, -0.1) is 0 Å². The molecular weight excluding hydrogens is 328 g/mol. The average molecular weight is 350 g/mol. The minimum Gasteiger partial charge on any atom is -0.502 e. The third-order valence-electron chi connectivity index (χ3n) is 3.96. The fourth-order valence-electron chi connectivity index (χ4n) is 2.72. The molecule has 0 aliphatic heterocycles. The molecule has 2 rings (SSSR count). The fourth-order valence-corrected chi connectivity index (χ4v) is 2.72. The number of nitrogens with zero attached hydrogens (tertiary/aromatic N) is 2. The van der Waals surface area contributed by atoms with Crippen molar-refractivity contribution in [2.24, 2.45) is 0 Å². The highest BCUT2D eigenvalue weighted by Gasteiger charge is 2.29. The number of aliphatic hydroxyl groups excluding tert-OH is 1. The van der Waals surface area contributed by atoms with Crippen LogP contribution in [0.1, 0.15) is 49.0 Å². The van der Waals surface area contributed by atoms with Gasteiger partial charge in [-0.25, -0.2) is 0 Å². The van der Waals surface area contributed by atoms with Crippen molar-refractivity contribution in [3.63, 3.8) is 0 Å². The van der Waals surface area contributed by atoms with Gasteiger partial charge in [0.05, 0.1) is 25.1 Å².